The van der Waals surface area contributed by atoms with E-state index < -0.39 is 17.8 Å². The second-order valence-corrected chi connectivity index (χ2v) is 6.56. The van der Waals surface area contributed by atoms with Gasteiger partial charge in [-0.25, -0.2) is 9.67 Å². The fourth-order valence-corrected chi connectivity index (χ4v) is 2.97. The highest BCUT2D eigenvalue weighted by Crippen LogP contribution is 2.31. The minimum Gasteiger partial charge on any atom is -0.396 e. The van der Waals surface area contributed by atoms with Gasteiger partial charge in [-0.1, -0.05) is 19.1 Å². The second kappa shape index (κ2) is 6.80. The van der Waals surface area contributed by atoms with Gasteiger partial charge < -0.3 is 10.1 Å². The molecule has 144 valence electrons. The van der Waals surface area contributed by atoms with E-state index in [0.29, 0.717) is 22.7 Å². The summed E-state index contributed by atoms with van der Waals surface area (Å²) in [7, 11) is 0. The van der Waals surface area contributed by atoms with Crippen LogP contribution in [0.15, 0.2) is 29.1 Å². The molecule has 0 unspecified atom stereocenters. The van der Waals surface area contributed by atoms with E-state index in [-0.39, 0.29) is 23.5 Å². The quantitative estimate of drug-likeness (QED) is 0.728. The highest BCUT2D eigenvalue weighted by Gasteiger charge is 2.30. The molecule has 0 radical (unpaired) electrons. The standard InChI is InChI=1S/C18H19F3N4O2/c1-9(8-26)15-14-16(22-11(3)23-17(14)27)25(24-15)10(2)12-4-6-13(7-5-12)18(19,20)21/h4-7,9-10,26H,8H2,1-3H3,(H,22,23,27)/t9-,10+/m1/s1. The zero-order chi connectivity index (χ0) is 19.9. The molecule has 0 fully saturated rings. The Morgan fingerprint density at radius 1 is 1.22 bits per heavy atom. The predicted octanol–water partition coefficient (Wildman–Crippen LogP) is 3.15. The number of H-pyrrole nitrogens is 1. The van der Waals surface area contributed by atoms with E-state index in [1.807, 2.05) is 0 Å². The average Bonchev–Trinajstić information content (AvgIpc) is 2.99. The van der Waals surface area contributed by atoms with Gasteiger partial charge in [0.1, 0.15) is 11.2 Å². The molecule has 0 aliphatic carbocycles. The van der Waals surface area contributed by atoms with Crippen LogP contribution in [0.5, 0.6) is 0 Å². The summed E-state index contributed by atoms with van der Waals surface area (Å²) >= 11 is 0. The molecule has 3 aromatic rings. The van der Waals surface area contributed by atoms with Gasteiger partial charge in [0.2, 0.25) is 0 Å². The molecular formula is C18H19F3N4O2. The van der Waals surface area contributed by atoms with Gasteiger partial charge in [-0.3, -0.25) is 4.79 Å². The van der Waals surface area contributed by atoms with E-state index in [4.69, 9.17) is 0 Å². The first kappa shape index (κ1) is 19.1. The fourth-order valence-electron chi connectivity index (χ4n) is 2.97. The molecule has 2 N–H and O–H groups in total. The summed E-state index contributed by atoms with van der Waals surface area (Å²) in [4.78, 5) is 19.4. The van der Waals surface area contributed by atoms with Crippen LogP contribution in [0.4, 0.5) is 13.2 Å². The number of alkyl halides is 3. The molecule has 9 heteroatoms. The van der Waals surface area contributed by atoms with E-state index >= 15 is 0 Å². The van der Waals surface area contributed by atoms with E-state index in [0.717, 1.165) is 12.1 Å². The maximum atomic E-state index is 12.8. The number of aliphatic hydroxyl groups excluding tert-OH is 1. The van der Waals surface area contributed by atoms with Crippen molar-refractivity contribution in [3.8, 4) is 0 Å². The lowest BCUT2D eigenvalue weighted by atomic mass is 10.1. The largest absolute Gasteiger partial charge is 0.416 e. The lowest BCUT2D eigenvalue weighted by Gasteiger charge is -2.15. The van der Waals surface area contributed by atoms with Crippen LogP contribution in [-0.4, -0.2) is 31.5 Å². The maximum absolute atomic E-state index is 12.8. The molecule has 3 rings (SSSR count). The summed E-state index contributed by atoms with van der Waals surface area (Å²) in [5.74, 6) is 0.00984. The van der Waals surface area contributed by atoms with Crippen molar-refractivity contribution in [1.29, 1.82) is 0 Å². The summed E-state index contributed by atoms with van der Waals surface area (Å²) < 4.78 is 39.9. The minimum absolute atomic E-state index is 0.200. The topological polar surface area (TPSA) is 83.8 Å². The van der Waals surface area contributed by atoms with Gasteiger partial charge in [0.05, 0.1) is 23.9 Å². The average molecular weight is 380 g/mol. The first-order valence-corrected chi connectivity index (χ1v) is 8.40. The van der Waals surface area contributed by atoms with Crippen LogP contribution in [0.25, 0.3) is 11.0 Å². The van der Waals surface area contributed by atoms with Gasteiger partial charge in [0.25, 0.3) is 5.56 Å². The molecule has 0 saturated carbocycles. The Balaban J connectivity index is 2.14. The van der Waals surface area contributed by atoms with Crippen molar-refractivity contribution in [2.24, 2.45) is 0 Å². The first-order chi connectivity index (χ1) is 12.6. The lowest BCUT2D eigenvalue weighted by molar-refractivity contribution is -0.137. The highest BCUT2D eigenvalue weighted by molar-refractivity contribution is 5.78. The Kier molecular flexibility index (Phi) is 4.81. The van der Waals surface area contributed by atoms with Gasteiger partial charge in [0, 0.05) is 5.92 Å². The number of aliphatic hydroxyl groups is 1. The Labute approximate surface area is 152 Å². The number of benzene rings is 1. The van der Waals surface area contributed by atoms with Crippen LogP contribution >= 0.6 is 0 Å². The minimum atomic E-state index is -4.41. The van der Waals surface area contributed by atoms with Gasteiger partial charge in [-0.05, 0) is 31.5 Å². The number of fused-ring (bicyclic) bond motifs is 1. The molecule has 0 saturated heterocycles. The van der Waals surface area contributed by atoms with Crippen LogP contribution in [0.3, 0.4) is 0 Å². The smallest absolute Gasteiger partial charge is 0.396 e. The van der Waals surface area contributed by atoms with Gasteiger partial charge in [0.15, 0.2) is 5.65 Å². The number of nitrogens with one attached hydrogen (secondary N) is 1. The van der Waals surface area contributed by atoms with Crippen LogP contribution in [0.1, 0.15) is 48.5 Å². The molecule has 2 aromatic heterocycles. The highest BCUT2D eigenvalue weighted by atomic mass is 19.4. The SMILES string of the molecule is Cc1nc2c(c([C@H](C)CO)nn2[C@@H](C)c2ccc(C(F)(F)F)cc2)c(=O)[nH]1. The first-order valence-electron chi connectivity index (χ1n) is 8.40. The van der Waals surface area contributed by atoms with Crippen molar-refractivity contribution in [3.63, 3.8) is 0 Å². The van der Waals surface area contributed by atoms with Crippen molar-refractivity contribution in [2.75, 3.05) is 6.61 Å². The van der Waals surface area contributed by atoms with Gasteiger partial charge >= 0.3 is 6.18 Å². The van der Waals surface area contributed by atoms with Crippen molar-refractivity contribution >= 4 is 11.0 Å². The maximum Gasteiger partial charge on any atom is 0.416 e. The number of hydrogen-bond acceptors (Lipinski definition) is 4. The summed E-state index contributed by atoms with van der Waals surface area (Å²) in [5.41, 5.74) is 0.233. The zero-order valence-electron chi connectivity index (χ0n) is 15.0. The van der Waals surface area contributed by atoms with Crippen molar-refractivity contribution in [2.45, 2.75) is 38.9 Å². The van der Waals surface area contributed by atoms with E-state index in [1.165, 1.54) is 16.8 Å². The third kappa shape index (κ3) is 3.46. The van der Waals surface area contributed by atoms with E-state index in [2.05, 4.69) is 15.1 Å². The molecule has 0 spiro atoms. The molecule has 1 aromatic carbocycles. The normalized spacial score (nSPS) is 14.5. The summed E-state index contributed by atoms with van der Waals surface area (Å²) in [5, 5.41) is 14.2. The Morgan fingerprint density at radius 3 is 2.41 bits per heavy atom. The molecular weight excluding hydrogens is 361 g/mol. The molecule has 2 heterocycles. The molecule has 0 aliphatic heterocycles. The number of aromatic amines is 1. The molecule has 2 atom stereocenters. The van der Waals surface area contributed by atoms with E-state index in [1.54, 1.807) is 20.8 Å². The summed E-state index contributed by atoms with van der Waals surface area (Å²) in [6.07, 6.45) is -4.41. The van der Waals surface area contributed by atoms with Gasteiger partial charge in [-0.2, -0.15) is 18.3 Å². The predicted molar refractivity (Wildman–Crippen MR) is 93.6 cm³/mol. The Bertz CT molecular complexity index is 1020. The number of hydrogen-bond donors (Lipinski definition) is 2. The molecule has 0 amide bonds. The fraction of sp³-hybridized carbons (Fsp3) is 0.389. The number of aromatic nitrogens is 4. The number of halogens is 3. The third-order valence-electron chi connectivity index (χ3n) is 4.54. The third-order valence-corrected chi connectivity index (χ3v) is 4.54. The van der Waals surface area contributed by atoms with Gasteiger partial charge in [-0.15, -0.1) is 0 Å². The van der Waals surface area contributed by atoms with Crippen LogP contribution in [0, 0.1) is 6.92 Å². The Morgan fingerprint density at radius 2 is 1.85 bits per heavy atom. The molecule has 0 bridgehead atoms. The Hall–Kier alpha value is -2.68. The van der Waals surface area contributed by atoms with Crippen LogP contribution < -0.4 is 5.56 Å². The molecule has 0 aliphatic rings. The summed E-state index contributed by atoms with van der Waals surface area (Å²) in [6, 6.07) is 4.34. The van der Waals surface area contributed by atoms with E-state index in [9.17, 15) is 23.1 Å². The van der Waals surface area contributed by atoms with Crippen molar-refractivity contribution < 1.29 is 18.3 Å². The lowest BCUT2D eigenvalue weighted by Crippen LogP contribution is -2.14. The van der Waals surface area contributed by atoms with Crippen molar-refractivity contribution in [3.05, 3.63) is 57.3 Å². The number of nitrogens with zero attached hydrogens (tertiary/aromatic N) is 3. The number of rotatable bonds is 4. The molecule has 27 heavy (non-hydrogen) atoms. The zero-order valence-corrected chi connectivity index (χ0v) is 15.0. The van der Waals surface area contributed by atoms with Crippen LogP contribution in [-0.2, 0) is 6.18 Å². The van der Waals surface area contributed by atoms with Crippen molar-refractivity contribution in [1.82, 2.24) is 19.7 Å². The number of aryl methyl sites for hydroxylation is 1. The van der Waals surface area contributed by atoms with Crippen LogP contribution in [0.2, 0.25) is 0 Å². The monoisotopic (exact) mass is 380 g/mol. The summed E-state index contributed by atoms with van der Waals surface area (Å²) in [6.45, 7) is 4.93. The second-order valence-electron chi connectivity index (χ2n) is 6.56. The molecule has 6 nitrogen and oxygen atoms in total.